The van der Waals surface area contributed by atoms with E-state index in [-0.39, 0.29) is 57.1 Å². The monoisotopic (exact) mass is 728 g/mol. The molecule has 0 aliphatic carbocycles. The van der Waals surface area contributed by atoms with Gasteiger partial charge in [0, 0.05) is 52.0 Å². The first-order valence-electron chi connectivity index (χ1n) is 17.3. The highest BCUT2D eigenvalue weighted by atomic mass is 16.6. The van der Waals surface area contributed by atoms with E-state index in [4.69, 9.17) is 25.2 Å². The quantitative estimate of drug-likeness (QED) is 0.101. The molecule has 1 aromatic carbocycles. The van der Waals surface area contributed by atoms with Gasteiger partial charge in [0.05, 0.1) is 43.7 Å². The minimum absolute atomic E-state index is 0.00463. The summed E-state index contributed by atoms with van der Waals surface area (Å²) in [4.78, 5) is 50.5. The number of nitrogens with one attached hydrogen (secondary N) is 1. The number of benzene rings is 1. The van der Waals surface area contributed by atoms with Crippen molar-refractivity contribution in [3.63, 3.8) is 0 Å². The van der Waals surface area contributed by atoms with E-state index in [0.717, 1.165) is 16.7 Å². The van der Waals surface area contributed by atoms with Crippen LogP contribution in [0.5, 0.6) is 0 Å². The van der Waals surface area contributed by atoms with Gasteiger partial charge in [-0.2, -0.15) is 0 Å². The van der Waals surface area contributed by atoms with Crippen LogP contribution in [-0.2, 0) is 24.7 Å². The SMILES string of the molecule is C=C(C)c1cccc(C(C)(C)NC(=O)OCN(CC)C(=O)CC)c1.CCC(=O)N(CC(O)CO)CC(O)CO.CCC(=O)N(CC)CC(O)CO. The number of carbonyl (C=O) groups is 4. The summed E-state index contributed by atoms with van der Waals surface area (Å²) in [6.45, 7) is 18.6. The van der Waals surface area contributed by atoms with Crippen molar-refractivity contribution in [2.24, 2.45) is 0 Å². The number of aliphatic hydroxyl groups excluding tert-OH is 6. The number of aliphatic hydroxyl groups is 6. The molecule has 1 aromatic rings. The van der Waals surface area contributed by atoms with Crippen LogP contribution in [0.25, 0.3) is 5.57 Å². The number of hydrogen-bond donors (Lipinski definition) is 7. The third-order valence-electron chi connectivity index (χ3n) is 7.50. The van der Waals surface area contributed by atoms with Crippen molar-refractivity contribution < 1.29 is 54.6 Å². The Kier molecular flexibility index (Phi) is 26.3. The van der Waals surface area contributed by atoms with Gasteiger partial charge in [-0.15, -0.1) is 0 Å². The van der Waals surface area contributed by atoms with Crippen molar-refractivity contribution in [1.29, 1.82) is 0 Å². The lowest BCUT2D eigenvalue weighted by atomic mass is 9.92. The number of amides is 4. The Labute approximate surface area is 303 Å². The number of ether oxygens (including phenoxy) is 1. The average molecular weight is 729 g/mol. The molecular weight excluding hydrogens is 664 g/mol. The summed E-state index contributed by atoms with van der Waals surface area (Å²) < 4.78 is 5.19. The lowest BCUT2D eigenvalue weighted by molar-refractivity contribution is -0.135. The fraction of sp³-hybridized carbons (Fsp3) is 0.667. The van der Waals surface area contributed by atoms with Crippen molar-refractivity contribution in [3.8, 4) is 0 Å². The Morgan fingerprint density at radius 1 is 0.745 bits per heavy atom. The second kappa shape index (κ2) is 27.1. The van der Waals surface area contributed by atoms with Crippen molar-refractivity contribution in [3.05, 3.63) is 42.0 Å². The summed E-state index contributed by atoms with van der Waals surface area (Å²) in [5.74, 6) is -0.279. The second-order valence-electron chi connectivity index (χ2n) is 12.2. The third-order valence-corrected chi connectivity index (χ3v) is 7.50. The fourth-order valence-corrected chi connectivity index (χ4v) is 4.31. The molecule has 0 radical (unpaired) electrons. The van der Waals surface area contributed by atoms with Crippen LogP contribution < -0.4 is 5.32 Å². The molecular formula is C36H64N4O11. The van der Waals surface area contributed by atoms with Crippen LogP contribution in [-0.4, -0.2) is 147 Å². The highest BCUT2D eigenvalue weighted by Gasteiger charge is 2.25. The fourth-order valence-electron chi connectivity index (χ4n) is 4.31. The Balaban J connectivity index is 0. The van der Waals surface area contributed by atoms with Gasteiger partial charge in [0.25, 0.3) is 0 Å². The van der Waals surface area contributed by atoms with Crippen LogP contribution in [0.3, 0.4) is 0 Å². The molecule has 0 saturated heterocycles. The molecule has 4 amide bonds. The molecule has 3 unspecified atom stereocenters. The highest BCUT2D eigenvalue weighted by molar-refractivity contribution is 5.77. The molecule has 15 heteroatoms. The number of rotatable bonds is 19. The highest BCUT2D eigenvalue weighted by Crippen LogP contribution is 2.23. The average Bonchev–Trinajstić information content (AvgIpc) is 3.12. The van der Waals surface area contributed by atoms with Crippen molar-refractivity contribution in [1.82, 2.24) is 20.0 Å². The van der Waals surface area contributed by atoms with Gasteiger partial charge in [-0.05, 0) is 51.8 Å². The molecule has 1 rings (SSSR count). The minimum Gasteiger partial charge on any atom is -0.428 e. The number of alkyl carbamates (subject to hydrolysis) is 1. The summed E-state index contributed by atoms with van der Waals surface area (Å²) in [5, 5.41) is 56.1. The van der Waals surface area contributed by atoms with E-state index in [2.05, 4.69) is 11.9 Å². The van der Waals surface area contributed by atoms with Crippen LogP contribution in [0, 0.1) is 0 Å². The zero-order valence-electron chi connectivity index (χ0n) is 31.8. The smallest absolute Gasteiger partial charge is 0.409 e. The molecule has 3 atom stereocenters. The van der Waals surface area contributed by atoms with Crippen LogP contribution in [0.2, 0.25) is 0 Å². The lowest BCUT2D eigenvalue weighted by Crippen LogP contribution is -2.43. The molecule has 0 saturated carbocycles. The third kappa shape index (κ3) is 20.7. The van der Waals surface area contributed by atoms with Gasteiger partial charge in [0.1, 0.15) is 0 Å². The number of allylic oxidation sites excluding steroid dienone is 1. The molecule has 0 bridgehead atoms. The Morgan fingerprint density at radius 2 is 1.16 bits per heavy atom. The molecule has 0 aliphatic heterocycles. The van der Waals surface area contributed by atoms with E-state index >= 15 is 0 Å². The maximum absolute atomic E-state index is 12.1. The minimum atomic E-state index is -1.02. The van der Waals surface area contributed by atoms with Gasteiger partial charge in [-0.3, -0.25) is 14.4 Å². The van der Waals surface area contributed by atoms with E-state index in [1.165, 1.54) is 14.7 Å². The van der Waals surface area contributed by atoms with Gasteiger partial charge in [-0.1, -0.05) is 51.1 Å². The number of hydrogen-bond acceptors (Lipinski definition) is 11. The van der Waals surface area contributed by atoms with E-state index in [0.29, 0.717) is 25.9 Å². The van der Waals surface area contributed by atoms with Gasteiger partial charge in [0.2, 0.25) is 17.7 Å². The van der Waals surface area contributed by atoms with Gasteiger partial charge in [0.15, 0.2) is 6.73 Å². The van der Waals surface area contributed by atoms with E-state index in [1.807, 2.05) is 58.9 Å². The lowest BCUT2D eigenvalue weighted by Gasteiger charge is -2.28. The zero-order chi connectivity index (χ0) is 39.7. The molecule has 15 nitrogen and oxygen atoms in total. The molecule has 0 spiro atoms. The molecule has 0 fully saturated rings. The largest absolute Gasteiger partial charge is 0.428 e. The van der Waals surface area contributed by atoms with E-state index < -0.39 is 43.2 Å². The predicted molar refractivity (Wildman–Crippen MR) is 195 cm³/mol. The van der Waals surface area contributed by atoms with Gasteiger partial charge < -0.3 is 55.4 Å². The maximum Gasteiger partial charge on any atom is 0.409 e. The van der Waals surface area contributed by atoms with Crippen molar-refractivity contribution >= 4 is 29.4 Å². The summed E-state index contributed by atoms with van der Waals surface area (Å²) in [6.07, 6.45) is -2.35. The van der Waals surface area contributed by atoms with Crippen LogP contribution in [0.4, 0.5) is 4.79 Å². The first-order chi connectivity index (χ1) is 23.9. The van der Waals surface area contributed by atoms with Crippen molar-refractivity contribution in [2.45, 2.75) is 98.5 Å². The van der Waals surface area contributed by atoms with E-state index in [1.54, 1.807) is 20.8 Å². The van der Waals surface area contributed by atoms with Crippen LogP contribution in [0.1, 0.15) is 85.8 Å². The first kappa shape index (κ1) is 49.5. The molecule has 7 N–H and O–H groups in total. The molecule has 0 aromatic heterocycles. The van der Waals surface area contributed by atoms with Gasteiger partial charge in [-0.25, -0.2) is 4.79 Å². The van der Waals surface area contributed by atoms with Gasteiger partial charge >= 0.3 is 6.09 Å². The second-order valence-corrected chi connectivity index (χ2v) is 12.2. The molecule has 294 valence electrons. The predicted octanol–water partition coefficient (Wildman–Crippen LogP) is 1.43. The standard InChI is InChI=1S/C19H28N2O3.C9H19NO5.C8H17NO3/c1-7-17(22)21(8-2)13-24-18(23)20-19(5,6)16-11-9-10-15(12-16)14(3)4;1-2-9(15)10(3-7(13)5-11)4-8(14)6-12;1-3-8(12)9(4-2)5-7(11)6-10/h9-12H,3,7-8,13H2,1-2,4-6H3,(H,20,23);7-8,11-14H,2-6H2,1H3;7,10-11H,3-6H2,1-2H3. The van der Waals surface area contributed by atoms with Crippen LogP contribution in [0.15, 0.2) is 30.8 Å². The first-order valence-corrected chi connectivity index (χ1v) is 17.3. The Hall–Kier alpha value is -3.60. The summed E-state index contributed by atoms with van der Waals surface area (Å²) in [7, 11) is 0. The van der Waals surface area contributed by atoms with Crippen LogP contribution >= 0.6 is 0 Å². The molecule has 0 heterocycles. The van der Waals surface area contributed by atoms with E-state index in [9.17, 15) is 29.4 Å². The Morgan fingerprint density at radius 3 is 1.55 bits per heavy atom. The molecule has 51 heavy (non-hydrogen) atoms. The van der Waals surface area contributed by atoms with Crippen molar-refractivity contribution in [2.75, 3.05) is 59.3 Å². The summed E-state index contributed by atoms with van der Waals surface area (Å²) in [6, 6.07) is 7.87. The summed E-state index contributed by atoms with van der Waals surface area (Å²) in [5.41, 5.74) is 2.35. The number of likely N-dealkylation sites (N-methyl/N-ethyl adjacent to an activating group) is 1. The maximum atomic E-state index is 12.1. The number of carbonyl (C=O) groups excluding carboxylic acids is 4. The summed E-state index contributed by atoms with van der Waals surface area (Å²) >= 11 is 0. The Bertz CT molecular complexity index is 1170. The number of nitrogens with zero attached hydrogens (tertiary/aromatic N) is 3. The topological polar surface area (TPSA) is 221 Å². The molecule has 0 aliphatic rings. The zero-order valence-corrected chi connectivity index (χ0v) is 31.8. The normalized spacial score (nSPS) is 12.4.